The molecule has 0 radical (unpaired) electrons. The smallest absolute Gasteiger partial charge is 0.278 e. The molecule has 0 aromatic carbocycles. The zero-order chi connectivity index (χ0) is 11.5. The number of nitrogens with zero attached hydrogens (tertiary/aromatic N) is 1. The average Bonchev–Trinajstić information content (AvgIpc) is 2.14. The molecule has 92 valence electrons. The summed E-state index contributed by atoms with van der Waals surface area (Å²) in [5.41, 5.74) is 6.44. The van der Waals surface area contributed by atoms with Gasteiger partial charge in [0, 0.05) is 25.2 Å². The third-order valence-electron chi connectivity index (χ3n) is 1.76. The van der Waals surface area contributed by atoms with E-state index in [1.165, 1.54) is 12.3 Å². The largest absolute Gasteiger partial charge is 0.471 e. The summed E-state index contributed by atoms with van der Waals surface area (Å²) in [6, 6.07) is 3.12. The van der Waals surface area contributed by atoms with E-state index in [-0.39, 0.29) is 24.3 Å². The average molecular weight is 253 g/mol. The Bertz CT molecular complexity index is 312. The first kappa shape index (κ1) is 15.1. The molecule has 0 bridgehead atoms. The van der Waals surface area contributed by atoms with Gasteiger partial charge in [0.2, 0.25) is 5.88 Å². The summed E-state index contributed by atoms with van der Waals surface area (Å²) < 4.78 is 29.7. The third-order valence-corrected chi connectivity index (χ3v) is 1.76. The highest BCUT2D eigenvalue weighted by atomic mass is 35.5. The maximum Gasteiger partial charge on any atom is 0.278 e. The van der Waals surface area contributed by atoms with Crippen molar-refractivity contribution in [2.24, 2.45) is 5.73 Å². The second-order valence-electron chi connectivity index (χ2n) is 3.58. The minimum absolute atomic E-state index is 0. The number of rotatable bonds is 4. The van der Waals surface area contributed by atoms with E-state index in [1.54, 1.807) is 6.07 Å². The highest BCUT2D eigenvalue weighted by Gasteiger charge is 2.22. The molecule has 1 atom stereocenters. The minimum atomic E-state index is -2.85. The molecule has 1 unspecified atom stereocenters. The summed E-state index contributed by atoms with van der Waals surface area (Å²) in [7, 11) is 0. The Morgan fingerprint density at radius 2 is 2.12 bits per heavy atom. The van der Waals surface area contributed by atoms with Crippen LogP contribution in [-0.4, -0.2) is 17.5 Å². The molecule has 0 aliphatic carbocycles. The molecular weight excluding hydrogens is 238 g/mol. The highest BCUT2D eigenvalue weighted by Crippen LogP contribution is 2.16. The predicted molar refractivity (Wildman–Crippen MR) is 60.2 cm³/mol. The van der Waals surface area contributed by atoms with Gasteiger partial charge in [0.15, 0.2) is 6.61 Å². The lowest BCUT2D eigenvalue weighted by Crippen LogP contribution is -2.21. The summed E-state index contributed by atoms with van der Waals surface area (Å²) in [6.07, 6.45) is 1.52. The predicted octanol–water partition coefficient (Wildman–Crippen LogP) is 2.56. The van der Waals surface area contributed by atoms with Crippen molar-refractivity contribution in [3.05, 3.63) is 23.9 Å². The summed E-state index contributed by atoms with van der Waals surface area (Å²) in [5.74, 6) is -2.66. The van der Waals surface area contributed by atoms with Crippen LogP contribution < -0.4 is 10.5 Å². The van der Waals surface area contributed by atoms with Gasteiger partial charge in [-0.25, -0.2) is 13.8 Å². The van der Waals surface area contributed by atoms with E-state index in [0.717, 1.165) is 12.5 Å². The van der Waals surface area contributed by atoms with E-state index in [4.69, 9.17) is 10.5 Å². The minimum Gasteiger partial charge on any atom is -0.471 e. The van der Waals surface area contributed by atoms with Gasteiger partial charge in [-0.05, 0) is 12.5 Å². The van der Waals surface area contributed by atoms with Crippen molar-refractivity contribution in [3.63, 3.8) is 0 Å². The van der Waals surface area contributed by atoms with Crippen molar-refractivity contribution < 1.29 is 13.5 Å². The molecule has 0 saturated heterocycles. The van der Waals surface area contributed by atoms with Gasteiger partial charge >= 0.3 is 0 Å². The van der Waals surface area contributed by atoms with Crippen molar-refractivity contribution in [1.29, 1.82) is 0 Å². The van der Waals surface area contributed by atoms with E-state index >= 15 is 0 Å². The number of aromatic nitrogens is 1. The normalized spacial score (nSPS) is 12.8. The number of hydrogen-bond acceptors (Lipinski definition) is 3. The van der Waals surface area contributed by atoms with Crippen molar-refractivity contribution in [3.8, 4) is 5.88 Å². The Morgan fingerprint density at radius 1 is 1.50 bits per heavy atom. The molecular formula is C10H15ClF2N2O. The Kier molecular flexibility index (Phi) is 5.61. The standard InChI is InChI=1S/C10H14F2N2O.ClH/c1-7(13)8-3-4-9(14-5-8)15-6-10(2,11)12;/h3-5,7H,6,13H2,1-2H3;1H. The van der Waals surface area contributed by atoms with Crippen LogP contribution in [0.1, 0.15) is 25.5 Å². The monoisotopic (exact) mass is 252 g/mol. The molecule has 1 aromatic heterocycles. The van der Waals surface area contributed by atoms with Crippen molar-refractivity contribution in [1.82, 2.24) is 4.98 Å². The topological polar surface area (TPSA) is 48.1 Å². The molecule has 0 aliphatic rings. The summed E-state index contributed by atoms with van der Waals surface area (Å²) in [5, 5.41) is 0. The van der Waals surface area contributed by atoms with E-state index in [0.29, 0.717) is 0 Å². The van der Waals surface area contributed by atoms with Crippen LogP contribution in [0.4, 0.5) is 8.78 Å². The second kappa shape index (κ2) is 5.96. The van der Waals surface area contributed by atoms with Crippen LogP contribution in [0, 0.1) is 0 Å². The van der Waals surface area contributed by atoms with Crippen LogP contribution in [0.25, 0.3) is 0 Å². The van der Waals surface area contributed by atoms with Gasteiger partial charge in [-0.1, -0.05) is 6.07 Å². The van der Waals surface area contributed by atoms with Crippen LogP contribution in [-0.2, 0) is 0 Å². The van der Waals surface area contributed by atoms with Gasteiger partial charge in [-0.2, -0.15) is 0 Å². The fraction of sp³-hybridized carbons (Fsp3) is 0.500. The van der Waals surface area contributed by atoms with Crippen LogP contribution in [0.3, 0.4) is 0 Å². The van der Waals surface area contributed by atoms with Gasteiger partial charge in [0.25, 0.3) is 5.92 Å². The molecule has 0 fully saturated rings. The number of ether oxygens (including phenoxy) is 1. The third kappa shape index (κ3) is 5.23. The van der Waals surface area contributed by atoms with Gasteiger partial charge < -0.3 is 10.5 Å². The molecule has 3 nitrogen and oxygen atoms in total. The summed E-state index contributed by atoms with van der Waals surface area (Å²) in [4.78, 5) is 3.87. The number of halogens is 3. The molecule has 6 heteroatoms. The molecule has 1 rings (SSSR count). The van der Waals surface area contributed by atoms with Crippen LogP contribution in [0.5, 0.6) is 5.88 Å². The number of hydrogen-bond donors (Lipinski definition) is 1. The van der Waals surface area contributed by atoms with Crippen LogP contribution in [0.15, 0.2) is 18.3 Å². The first-order valence-corrected chi connectivity index (χ1v) is 4.60. The maximum absolute atomic E-state index is 12.4. The van der Waals surface area contributed by atoms with Gasteiger partial charge in [-0.3, -0.25) is 0 Å². The molecule has 16 heavy (non-hydrogen) atoms. The number of pyridine rings is 1. The molecule has 0 amide bonds. The Hall–Kier alpha value is -0.940. The molecule has 0 aliphatic heterocycles. The van der Waals surface area contributed by atoms with E-state index < -0.39 is 12.5 Å². The van der Waals surface area contributed by atoms with E-state index in [9.17, 15) is 8.78 Å². The Labute approximate surface area is 99.4 Å². The van der Waals surface area contributed by atoms with Crippen molar-refractivity contribution in [2.45, 2.75) is 25.8 Å². The second-order valence-corrected chi connectivity index (χ2v) is 3.58. The zero-order valence-electron chi connectivity index (χ0n) is 9.11. The molecule has 0 saturated carbocycles. The van der Waals surface area contributed by atoms with Gasteiger partial charge in [-0.15, -0.1) is 12.4 Å². The number of alkyl halides is 2. The molecule has 2 N–H and O–H groups in total. The van der Waals surface area contributed by atoms with Gasteiger partial charge in [0.05, 0.1) is 0 Å². The molecule has 1 aromatic rings. The first-order valence-electron chi connectivity index (χ1n) is 4.60. The molecule has 0 spiro atoms. The van der Waals surface area contributed by atoms with Crippen molar-refractivity contribution >= 4 is 12.4 Å². The van der Waals surface area contributed by atoms with Crippen molar-refractivity contribution in [2.75, 3.05) is 6.61 Å². The Balaban J connectivity index is 0.00000225. The lowest BCUT2D eigenvalue weighted by molar-refractivity contribution is -0.0242. The van der Waals surface area contributed by atoms with E-state index in [1.807, 2.05) is 6.92 Å². The zero-order valence-corrected chi connectivity index (χ0v) is 9.93. The summed E-state index contributed by atoms with van der Waals surface area (Å²) in [6.45, 7) is 1.94. The summed E-state index contributed by atoms with van der Waals surface area (Å²) >= 11 is 0. The fourth-order valence-corrected chi connectivity index (χ4v) is 0.947. The SMILES string of the molecule is CC(N)c1ccc(OCC(C)(F)F)nc1.Cl. The quantitative estimate of drug-likeness (QED) is 0.896. The lowest BCUT2D eigenvalue weighted by Gasteiger charge is -2.11. The Morgan fingerprint density at radius 3 is 2.50 bits per heavy atom. The van der Waals surface area contributed by atoms with E-state index in [2.05, 4.69) is 4.98 Å². The highest BCUT2D eigenvalue weighted by molar-refractivity contribution is 5.85. The first-order chi connectivity index (χ1) is 6.88. The maximum atomic E-state index is 12.4. The van der Waals surface area contributed by atoms with Crippen LogP contribution in [0.2, 0.25) is 0 Å². The fourth-order valence-electron chi connectivity index (χ4n) is 0.947. The van der Waals surface area contributed by atoms with Crippen LogP contribution >= 0.6 is 12.4 Å². The lowest BCUT2D eigenvalue weighted by atomic mass is 10.2. The molecule has 1 heterocycles. The van der Waals surface area contributed by atoms with Gasteiger partial charge in [0.1, 0.15) is 0 Å². The number of nitrogens with two attached hydrogens (primary N) is 1.